The molecular weight excluding hydrogens is 506 g/mol. The number of nitrogens with one attached hydrogen (secondary N) is 1. The summed E-state index contributed by atoms with van der Waals surface area (Å²) in [5.74, 6) is -0.700. The van der Waals surface area contributed by atoms with Crippen LogP contribution in [0.25, 0.3) is 10.8 Å². The zero-order valence-corrected chi connectivity index (χ0v) is 22.7. The molecule has 0 saturated carbocycles. The lowest BCUT2D eigenvalue weighted by molar-refractivity contribution is -0.558. The van der Waals surface area contributed by atoms with Gasteiger partial charge >= 0.3 is 17.5 Å². The summed E-state index contributed by atoms with van der Waals surface area (Å²) in [6.07, 6.45) is -1.04. The summed E-state index contributed by atoms with van der Waals surface area (Å²) in [7, 11) is 0. The largest absolute Gasteiger partial charge is 0.444 e. The highest BCUT2D eigenvalue weighted by Gasteiger charge is 2.63. The summed E-state index contributed by atoms with van der Waals surface area (Å²) in [5.41, 5.74) is -0.555. The highest BCUT2D eigenvalue weighted by atomic mass is 16.6. The summed E-state index contributed by atoms with van der Waals surface area (Å²) in [6.45, 7) is 5.28. The smallest absolute Gasteiger partial charge is 0.408 e. The summed E-state index contributed by atoms with van der Waals surface area (Å²) in [6, 6.07) is 28.2. The van der Waals surface area contributed by atoms with Gasteiger partial charge in [-0.3, -0.25) is 14.9 Å². The molecule has 1 N–H and O–H groups in total. The van der Waals surface area contributed by atoms with Crippen molar-refractivity contribution < 1.29 is 19.2 Å². The molecule has 4 aromatic rings. The van der Waals surface area contributed by atoms with Gasteiger partial charge in [0.05, 0.1) is 13.0 Å². The molecule has 40 heavy (non-hydrogen) atoms. The number of hydrogen-bond acceptors (Lipinski definition) is 5. The van der Waals surface area contributed by atoms with E-state index in [9.17, 15) is 19.7 Å². The number of para-hydroxylation sites is 1. The number of nitrogens with zero attached hydrogens (tertiary/aromatic N) is 2. The summed E-state index contributed by atoms with van der Waals surface area (Å²) in [4.78, 5) is 41.8. The minimum Gasteiger partial charge on any atom is -0.444 e. The second kappa shape index (κ2) is 10.4. The topological polar surface area (TPSA) is 102 Å². The van der Waals surface area contributed by atoms with Crippen LogP contribution in [0.4, 0.5) is 10.5 Å². The van der Waals surface area contributed by atoms with Crippen molar-refractivity contribution in [2.45, 2.75) is 50.9 Å². The number of carbonyl (C=O) groups is 2. The van der Waals surface area contributed by atoms with E-state index in [1.54, 1.807) is 51.1 Å². The molecule has 2 amide bonds. The first-order chi connectivity index (χ1) is 19.1. The molecule has 5 rings (SSSR count). The molecule has 1 heterocycles. The normalized spacial score (nSPS) is 17.7. The van der Waals surface area contributed by atoms with E-state index in [0.717, 1.165) is 16.3 Å². The average molecular weight is 538 g/mol. The predicted molar refractivity (Wildman–Crippen MR) is 154 cm³/mol. The van der Waals surface area contributed by atoms with Gasteiger partial charge in [0.2, 0.25) is 0 Å². The fourth-order valence-corrected chi connectivity index (χ4v) is 5.32. The van der Waals surface area contributed by atoms with Crippen LogP contribution in [0.15, 0.2) is 97.1 Å². The van der Waals surface area contributed by atoms with Crippen molar-refractivity contribution in [3.63, 3.8) is 0 Å². The quantitative estimate of drug-likeness (QED) is 0.233. The third-order valence-electron chi connectivity index (χ3n) is 7.11. The maximum atomic E-state index is 14.5. The molecule has 0 bridgehead atoms. The highest BCUT2D eigenvalue weighted by molar-refractivity contribution is 6.03. The van der Waals surface area contributed by atoms with E-state index in [-0.39, 0.29) is 13.0 Å². The van der Waals surface area contributed by atoms with Gasteiger partial charge in [0, 0.05) is 10.6 Å². The van der Waals surface area contributed by atoms with Crippen molar-refractivity contribution in [3.8, 4) is 0 Å². The van der Waals surface area contributed by atoms with E-state index >= 15 is 0 Å². The van der Waals surface area contributed by atoms with Crippen LogP contribution in [0.2, 0.25) is 0 Å². The SMILES string of the molecule is CC(C)(C)OC(=O)N[C@@H](c1ccc2ccccc2c1)[C@@]1([N+](=O)[O-])Cc2ccccc2N(Cc2ccccc2)C1=O. The van der Waals surface area contributed by atoms with Gasteiger partial charge in [-0.25, -0.2) is 4.79 Å². The monoisotopic (exact) mass is 537 g/mol. The Bertz CT molecular complexity index is 1580. The molecule has 0 aliphatic carbocycles. The number of anilines is 1. The van der Waals surface area contributed by atoms with Crippen molar-refractivity contribution in [2.24, 2.45) is 0 Å². The number of carbonyl (C=O) groups excluding carboxylic acids is 2. The van der Waals surface area contributed by atoms with Crippen LogP contribution in [0, 0.1) is 10.1 Å². The van der Waals surface area contributed by atoms with E-state index in [4.69, 9.17) is 4.74 Å². The van der Waals surface area contributed by atoms with Crippen molar-refractivity contribution >= 4 is 28.5 Å². The molecule has 4 aromatic carbocycles. The van der Waals surface area contributed by atoms with Crippen LogP contribution in [0.1, 0.15) is 43.5 Å². The maximum absolute atomic E-state index is 14.5. The maximum Gasteiger partial charge on any atom is 0.408 e. The lowest BCUT2D eigenvalue weighted by Crippen LogP contribution is -2.64. The molecule has 0 radical (unpaired) electrons. The molecule has 0 aromatic heterocycles. The second-order valence-corrected chi connectivity index (χ2v) is 11.0. The molecule has 8 nitrogen and oxygen atoms in total. The van der Waals surface area contributed by atoms with Crippen molar-refractivity contribution in [1.29, 1.82) is 0 Å². The van der Waals surface area contributed by atoms with Crippen LogP contribution < -0.4 is 10.2 Å². The Balaban J connectivity index is 1.69. The fourth-order valence-electron chi connectivity index (χ4n) is 5.32. The zero-order chi connectivity index (χ0) is 28.5. The Morgan fingerprint density at radius 2 is 1.62 bits per heavy atom. The van der Waals surface area contributed by atoms with Crippen LogP contribution in [-0.4, -0.2) is 28.1 Å². The Hall–Kier alpha value is -4.72. The van der Waals surface area contributed by atoms with Crippen molar-refractivity contribution in [1.82, 2.24) is 5.32 Å². The van der Waals surface area contributed by atoms with Crippen molar-refractivity contribution in [3.05, 3.63) is 124 Å². The van der Waals surface area contributed by atoms with Crippen LogP contribution in [0.3, 0.4) is 0 Å². The molecule has 1 aliphatic rings. The average Bonchev–Trinajstić information content (AvgIpc) is 2.92. The minimum atomic E-state index is -2.23. The van der Waals surface area contributed by atoms with E-state index < -0.39 is 34.1 Å². The molecule has 0 saturated heterocycles. The Kier molecular flexibility index (Phi) is 7.02. The Labute approximate surface area is 232 Å². The zero-order valence-electron chi connectivity index (χ0n) is 22.7. The molecule has 8 heteroatoms. The lowest BCUT2D eigenvalue weighted by atomic mass is 9.76. The molecule has 1 aliphatic heterocycles. The molecule has 2 atom stereocenters. The molecule has 204 valence electrons. The third-order valence-corrected chi connectivity index (χ3v) is 7.11. The number of hydrogen-bond donors (Lipinski definition) is 1. The van der Waals surface area contributed by atoms with Gasteiger partial charge in [-0.2, -0.15) is 0 Å². The van der Waals surface area contributed by atoms with Crippen LogP contribution >= 0.6 is 0 Å². The van der Waals surface area contributed by atoms with Gasteiger partial charge in [-0.05, 0) is 60.4 Å². The Morgan fingerprint density at radius 3 is 2.33 bits per heavy atom. The van der Waals surface area contributed by atoms with E-state index in [1.807, 2.05) is 66.7 Å². The van der Waals surface area contributed by atoms with Gasteiger partial charge in [0.25, 0.3) is 0 Å². The van der Waals surface area contributed by atoms with Crippen LogP contribution in [0.5, 0.6) is 0 Å². The summed E-state index contributed by atoms with van der Waals surface area (Å²) in [5, 5.41) is 17.7. The van der Waals surface area contributed by atoms with Crippen molar-refractivity contribution in [2.75, 3.05) is 4.90 Å². The van der Waals surface area contributed by atoms with E-state index in [1.165, 1.54) is 4.90 Å². The first-order valence-corrected chi connectivity index (χ1v) is 13.1. The minimum absolute atomic E-state index is 0.142. The Morgan fingerprint density at radius 1 is 0.975 bits per heavy atom. The third kappa shape index (κ3) is 5.12. The van der Waals surface area contributed by atoms with Gasteiger partial charge in [0.15, 0.2) is 0 Å². The van der Waals surface area contributed by atoms with Crippen LogP contribution in [-0.2, 0) is 22.5 Å². The van der Waals surface area contributed by atoms with Gasteiger partial charge in [-0.1, -0.05) is 84.9 Å². The number of alkyl carbamates (subject to hydrolysis) is 1. The van der Waals surface area contributed by atoms with E-state index in [0.29, 0.717) is 16.8 Å². The number of rotatable bonds is 6. The molecule has 0 fully saturated rings. The predicted octanol–water partition coefficient (Wildman–Crippen LogP) is 6.21. The molecular formula is C32H31N3O5. The lowest BCUT2D eigenvalue weighted by Gasteiger charge is -2.41. The standard InChI is InChI=1S/C32H31N3O5/c1-31(2,3)40-30(37)33-28(25-18-17-23-13-7-8-14-24(23)19-25)32(35(38)39)20-26-15-9-10-16-27(26)34(29(32)36)21-22-11-5-4-6-12-22/h4-19,28H,20-21H2,1-3H3,(H,33,37)/t28-,32-/m0/s1. The van der Waals surface area contributed by atoms with Gasteiger partial charge in [-0.15, -0.1) is 0 Å². The second-order valence-electron chi connectivity index (χ2n) is 11.0. The van der Waals surface area contributed by atoms with E-state index in [2.05, 4.69) is 5.32 Å². The number of amides is 2. The fraction of sp³-hybridized carbons (Fsp3) is 0.250. The molecule has 0 unspecified atom stereocenters. The molecule has 0 spiro atoms. The summed E-state index contributed by atoms with van der Waals surface area (Å²) >= 11 is 0. The number of nitro groups is 1. The number of fused-ring (bicyclic) bond motifs is 2. The first-order valence-electron chi connectivity index (χ1n) is 13.1. The number of ether oxygens (including phenoxy) is 1. The summed E-state index contributed by atoms with van der Waals surface area (Å²) < 4.78 is 5.52. The first kappa shape index (κ1) is 26.9. The van der Waals surface area contributed by atoms with Gasteiger partial charge < -0.3 is 15.0 Å². The van der Waals surface area contributed by atoms with Gasteiger partial charge in [0.1, 0.15) is 11.6 Å². The number of benzene rings is 4. The highest BCUT2D eigenvalue weighted by Crippen LogP contribution is 2.43.